The summed E-state index contributed by atoms with van der Waals surface area (Å²) in [5, 5.41) is 2.72. The van der Waals surface area contributed by atoms with Gasteiger partial charge in [0.1, 0.15) is 11.6 Å². The molecule has 0 aliphatic carbocycles. The molecule has 0 saturated heterocycles. The SMILES string of the molecule is NC(=O)CNc1cccc(N)n1. The fourth-order valence-electron chi connectivity index (χ4n) is 0.728. The van der Waals surface area contributed by atoms with Crippen molar-refractivity contribution in [2.24, 2.45) is 5.73 Å². The summed E-state index contributed by atoms with van der Waals surface area (Å²) in [6.45, 7) is 0.0659. The lowest BCUT2D eigenvalue weighted by Gasteiger charge is -2.02. The van der Waals surface area contributed by atoms with Crippen molar-refractivity contribution in [3.8, 4) is 0 Å². The predicted octanol–water partition coefficient (Wildman–Crippen LogP) is -0.439. The van der Waals surface area contributed by atoms with Gasteiger partial charge in [0.25, 0.3) is 0 Å². The van der Waals surface area contributed by atoms with Crippen molar-refractivity contribution in [1.82, 2.24) is 4.98 Å². The van der Waals surface area contributed by atoms with Crippen LogP contribution in [0.4, 0.5) is 11.6 Å². The van der Waals surface area contributed by atoms with Gasteiger partial charge in [-0.15, -0.1) is 0 Å². The number of rotatable bonds is 3. The molecule has 1 amide bonds. The minimum absolute atomic E-state index is 0.0659. The third-order valence-corrected chi connectivity index (χ3v) is 1.21. The van der Waals surface area contributed by atoms with Gasteiger partial charge in [-0.25, -0.2) is 4.98 Å². The Bertz CT molecular complexity index is 286. The van der Waals surface area contributed by atoms with Gasteiger partial charge in [-0.05, 0) is 12.1 Å². The average Bonchev–Trinajstić information content (AvgIpc) is 2.01. The summed E-state index contributed by atoms with van der Waals surface area (Å²) >= 11 is 0. The number of nitrogens with zero attached hydrogens (tertiary/aromatic N) is 1. The summed E-state index contributed by atoms with van der Waals surface area (Å²) < 4.78 is 0. The van der Waals surface area contributed by atoms with E-state index >= 15 is 0 Å². The first kappa shape index (κ1) is 8.32. The van der Waals surface area contributed by atoms with Crippen LogP contribution in [0.15, 0.2) is 18.2 Å². The monoisotopic (exact) mass is 166 g/mol. The van der Waals surface area contributed by atoms with E-state index in [1.807, 2.05) is 0 Å². The molecule has 0 aromatic carbocycles. The standard InChI is InChI=1S/C7H10N4O/c8-5-2-1-3-7(11-5)10-4-6(9)12/h1-3H,4H2,(H2,9,12)(H3,8,10,11). The number of pyridine rings is 1. The van der Waals surface area contributed by atoms with Crippen LogP contribution in [0.5, 0.6) is 0 Å². The zero-order chi connectivity index (χ0) is 8.97. The second-order valence-corrected chi connectivity index (χ2v) is 2.27. The zero-order valence-electron chi connectivity index (χ0n) is 6.45. The summed E-state index contributed by atoms with van der Waals surface area (Å²) in [4.78, 5) is 14.3. The molecule has 1 heterocycles. The van der Waals surface area contributed by atoms with Crippen LogP contribution in [0.25, 0.3) is 0 Å². The molecule has 0 spiro atoms. The van der Waals surface area contributed by atoms with Crippen molar-refractivity contribution in [1.29, 1.82) is 0 Å². The third-order valence-electron chi connectivity index (χ3n) is 1.21. The van der Waals surface area contributed by atoms with Gasteiger partial charge in [-0.3, -0.25) is 4.79 Å². The smallest absolute Gasteiger partial charge is 0.236 e. The van der Waals surface area contributed by atoms with Crippen molar-refractivity contribution >= 4 is 17.5 Å². The number of nitrogen functional groups attached to an aromatic ring is 1. The minimum atomic E-state index is -0.431. The number of anilines is 2. The number of carbonyl (C=O) groups is 1. The second kappa shape index (κ2) is 3.56. The Morgan fingerprint density at radius 2 is 2.33 bits per heavy atom. The molecular formula is C7H10N4O. The maximum atomic E-state index is 10.4. The van der Waals surface area contributed by atoms with E-state index in [9.17, 15) is 4.79 Å². The van der Waals surface area contributed by atoms with Crippen molar-refractivity contribution in [3.05, 3.63) is 18.2 Å². The number of amides is 1. The highest BCUT2D eigenvalue weighted by molar-refractivity contribution is 5.78. The highest BCUT2D eigenvalue weighted by atomic mass is 16.1. The molecule has 0 bridgehead atoms. The summed E-state index contributed by atoms with van der Waals surface area (Å²) in [5.41, 5.74) is 10.3. The van der Waals surface area contributed by atoms with E-state index in [1.54, 1.807) is 18.2 Å². The molecule has 0 aliphatic heterocycles. The van der Waals surface area contributed by atoms with Crippen molar-refractivity contribution in [3.63, 3.8) is 0 Å². The van der Waals surface area contributed by atoms with Crippen LogP contribution in [-0.4, -0.2) is 17.4 Å². The Kier molecular flexibility index (Phi) is 2.47. The third kappa shape index (κ3) is 2.45. The van der Waals surface area contributed by atoms with Gasteiger partial charge >= 0.3 is 0 Å². The molecule has 5 N–H and O–H groups in total. The molecule has 5 heteroatoms. The Morgan fingerprint density at radius 3 is 2.92 bits per heavy atom. The predicted molar refractivity (Wildman–Crippen MR) is 46.3 cm³/mol. The van der Waals surface area contributed by atoms with Crippen LogP contribution in [0, 0.1) is 0 Å². The normalized spacial score (nSPS) is 9.33. The summed E-state index contributed by atoms with van der Waals surface area (Å²) in [6.07, 6.45) is 0. The number of hydrogen-bond donors (Lipinski definition) is 3. The number of primary amides is 1. The Morgan fingerprint density at radius 1 is 1.58 bits per heavy atom. The van der Waals surface area contributed by atoms with Crippen molar-refractivity contribution < 1.29 is 4.79 Å². The molecular weight excluding hydrogens is 156 g/mol. The molecule has 0 fully saturated rings. The first-order valence-electron chi connectivity index (χ1n) is 3.43. The topological polar surface area (TPSA) is 94.0 Å². The Hall–Kier alpha value is -1.78. The first-order valence-corrected chi connectivity index (χ1v) is 3.43. The van der Waals surface area contributed by atoms with E-state index in [2.05, 4.69) is 10.3 Å². The van der Waals surface area contributed by atoms with Gasteiger partial charge in [-0.1, -0.05) is 6.07 Å². The van der Waals surface area contributed by atoms with Gasteiger partial charge in [0.2, 0.25) is 5.91 Å². The van der Waals surface area contributed by atoms with Crippen LogP contribution in [-0.2, 0) is 4.79 Å². The van der Waals surface area contributed by atoms with E-state index in [4.69, 9.17) is 11.5 Å². The molecule has 64 valence electrons. The summed E-state index contributed by atoms with van der Waals surface area (Å²) in [6, 6.07) is 5.11. The highest BCUT2D eigenvalue weighted by Crippen LogP contribution is 2.04. The first-order chi connectivity index (χ1) is 5.68. The molecule has 5 nitrogen and oxygen atoms in total. The Balaban J connectivity index is 2.57. The molecule has 12 heavy (non-hydrogen) atoms. The van der Waals surface area contributed by atoms with Crippen molar-refractivity contribution in [2.75, 3.05) is 17.6 Å². The molecule has 0 atom stereocenters. The lowest BCUT2D eigenvalue weighted by Crippen LogP contribution is -2.22. The van der Waals surface area contributed by atoms with Gasteiger partial charge in [0.05, 0.1) is 6.54 Å². The number of nitrogens with one attached hydrogen (secondary N) is 1. The van der Waals surface area contributed by atoms with Gasteiger partial charge < -0.3 is 16.8 Å². The molecule has 1 aromatic rings. The second-order valence-electron chi connectivity index (χ2n) is 2.27. The molecule has 0 unspecified atom stereocenters. The number of hydrogen-bond acceptors (Lipinski definition) is 4. The van der Waals surface area contributed by atoms with E-state index < -0.39 is 5.91 Å². The van der Waals surface area contributed by atoms with Crippen LogP contribution in [0.3, 0.4) is 0 Å². The summed E-state index contributed by atoms with van der Waals surface area (Å²) in [7, 11) is 0. The van der Waals surface area contributed by atoms with E-state index in [0.29, 0.717) is 11.6 Å². The maximum absolute atomic E-state index is 10.4. The molecule has 0 radical (unpaired) electrons. The van der Waals surface area contributed by atoms with E-state index in [0.717, 1.165) is 0 Å². The largest absolute Gasteiger partial charge is 0.384 e. The minimum Gasteiger partial charge on any atom is -0.384 e. The fourth-order valence-corrected chi connectivity index (χ4v) is 0.728. The molecule has 0 aliphatic rings. The lowest BCUT2D eigenvalue weighted by atomic mass is 10.4. The lowest BCUT2D eigenvalue weighted by molar-refractivity contribution is -0.116. The van der Waals surface area contributed by atoms with Crippen LogP contribution in [0.1, 0.15) is 0 Å². The number of aromatic nitrogens is 1. The summed E-state index contributed by atoms with van der Waals surface area (Å²) in [5.74, 6) is 0.525. The van der Waals surface area contributed by atoms with Gasteiger partial charge in [-0.2, -0.15) is 0 Å². The van der Waals surface area contributed by atoms with Gasteiger partial charge in [0.15, 0.2) is 0 Å². The molecule has 1 rings (SSSR count). The highest BCUT2D eigenvalue weighted by Gasteiger charge is 1.95. The number of nitrogens with two attached hydrogens (primary N) is 2. The van der Waals surface area contributed by atoms with Crippen LogP contribution >= 0.6 is 0 Å². The maximum Gasteiger partial charge on any atom is 0.236 e. The zero-order valence-corrected chi connectivity index (χ0v) is 6.45. The quantitative estimate of drug-likeness (QED) is 0.567. The van der Waals surface area contributed by atoms with E-state index in [1.165, 1.54) is 0 Å². The van der Waals surface area contributed by atoms with Gasteiger partial charge in [0, 0.05) is 0 Å². The van der Waals surface area contributed by atoms with E-state index in [-0.39, 0.29) is 6.54 Å². The van der Waals surface area contributed by atoms with Crippen molar-refractivity contribution in [2.45, 2.75) is 0 Å². The van der Waals surface area contributed by atoms with Crippen LogP contribution < -0.4 is 16.8 Å². The average molecular weight is 166 g/mol. The Labute approximate surface area is 69.8 Å². The fraction of sp³-hybridized carbons (Fsp3) is 0.143. The van der Waals surface area contributed by atoms with Crippen LogP contribution in [0.2, 0.25) is 0 Å². The molecule has 0 saturated carbocycles. The molecule has 1 aromatic heterocycles. The number of carbonyl (C=O) groups excluding carboxylic acids is 1.